The van der Waals surface area contributed by atoms with Gasteiger partial charge in [-0.05, 0) is 38.6 Å². The summed E-state index contributed by atoms with van der Waals surface area (Å²) in [5.74, 6) is 1.34. The first-order valence-electron chi connectivity index (χ1n) is 9.80. The van der Waals surface area contributed by atoms with Crippen LogP contribution in [-0.4, -0.2) is 71.9 Å². The lowest BCUT2D eigenvalue weighted by atomic mass is 10.1. The summed E-state index contributed by atoms with van der Waals surface area (Å²) in [5.41, 5.74) is 2.25. The van der Waals surface area contributed by atoms with Crippen LogP contribution in [0.5, 0.6) is 0 Å². The van der Waals surface area contributed by atoms with Crippen LogP contribution in [0.3, 0.4) is 0 Å². The standard InChI is InChI=1S/C20H29N5O2.ClH/c1-14-11-25(12-15(2)26-14)13-16-4-6-17(7-5-16)20-22-19(23-27-20)18-10-21-8-9-24(18)3;/h4-7,14-15,18,21H,8-13H2,1-3H3;1H. The Kier molecular flexibility index (Phi) is 7.06. The van der Waals surface area contributed by atoms with Crippen molar-refractivity contribution in [3.05, 3.63) is 35.7 Å². The predicted molar refractivity (Wildman–Crippen MR) is 111 cm³/mol. The fraction of sp³-hybridized carbons (Fsp3) is 0.600. The Bertz CT molecular complexity index is 743. The topological polar surface area (TPSA) is 66.7 Å². The summed E-state index contributed by atoms with van der Waals surface area (Å²) < 4.78 is 11.3. The zero-order chi connectivity index (χ0) is 18.8. The van der Waals surface area contributed by atoms with E-state index in [-0.39, 0.29) is 30.7 Å². The third-order valence-corrected chi connectivity index (χ3v) is 5.35. The Hall–Kier alpha value is -1.51. The van der Waals surface area contributed by atoms with Gasteiger partial charge in [0.05, 0.1) is 18.2 Å². The molecule has 154 valence electrons. The minimum atomic E-state index is 0. The molecule has 0 saturated carbocycles. The SMILES string of the molecule is CC1CN(Cc2ccc(-c3nc(C4CNCCN4C)no3)cc2)CC(C)O1.Cl. The summed E-state index contributed by atoms with van der Waals surface area (Å²) in [5, 5.41) is 7.60. The van der Waals surface area contributed by atoms with E-state index in [1.807, 2.05) is 0 Å². The average Bonchev–Trinajstić information content (AvgIpc) is 3.12. The van der Waals surface area contributed by atoms with E-state index in [0.717, 1.165) is 50.7 Å². The normalized spacial score (nSPS) is 26.8. The van der Waals surface area contributed by atoms with Crippen molar-refractivity contribution in [2.75, 3.05) is 39.8 Å². The number of hydrogen-bond acceptors (Lipinski definition) is 7. The Labute approximate surface area is 172 Å². The Balaban J connectivity index is 0.00000225. The van der Waals surface area contributed by atoms with Gasteiger partial charge in [0, 0.05) is 44.8 Å². The zero-order valence-corrected chi connectivity index (χ0v) is 17.6. The van der Waals surface area contributed by atoms with Crippen LogP contribution in [-0.2, 0) is 11.3 Å². The van der Waals surface area contributed by atoms with Crippen LogP contribution in [0.15, 0.2) is 28.8 Å². The molecule has 3 atom stereocenters. The number of benzene rings is 1. The van der Waals surface area contributed by atoms with Crippen LogP contribution in [0.4, 0.5) is 0 Å². The zero-order valence-electron chi connectivity index (χ0n) is 16.8. The maximum absolute atomic E-state index is 5.81. The maximum atomic E-state index is 5.81. The number of hydrogen-bond donors (Lipinski definition) is 1. The Morgan fingerprint density at radius 2 is 1.86 bits per heavy atom. The van der Waals surface area contributed by atoms with Crippen molar-refractivity contribution < 1.29 is 9.26 Å². The molecule has 1 aromatic carbocycles. The summed E-state index contributed by atoms with van der Waals surface area (Å²) >= 11 is 0. The van der Waals surface area contributed by atoms with Crippen LogP contribution in [0, 0.1) is 0 Å². The minimum Gasteiger partial charge on any atom is -0.373 e. The number of rotatable bonds is 4. The van der Waals surface area contributed by atoms with Gasteiger partial charge in [-0.1, -0.05) is 17.3 Å². The molecule has 8 heteroatoms. The van der Waals surface area contributed by atoms with Crippen molar-refractivity contribution in [3.8, 4) is 11.5 Å². The second-order valence-electron chi connectivity index (χ2n) is 7.81. The van der Waals surface area contributed by atoms with Gasteiger partial charge in [0.15, 0.2) is 5.82 Å². The van der Waals surface area contributed by atoms with Gasteiger partial charge in [-0.3, -0.25) is 9.80 Å². The van der Waals surface area contributed by atoms with E-state index in [9.17, 15) is 0 Å². The smallest absolute Gasteiger partial charge is 0.257 e. The van der Waals surface area contributed by atoms with Crippen LogP contribution in [0.1, 0.15) is 31.3 Å². The van der Waals surface area contributed by atoms with Crippen molar-refractivity contribution in [2.45, 2.75) is 38.6 Å². The molecule has 2 aliphatic heterocycles. The number of morpholine rings is 1. The lowest BCUT2D eigenvalue weighted by molar-refractivity contribution is -0.0704. The van der Waals surface area contributed by atoms with Crippen molar-refractivity contribution in [2.24, 2.45) is 0 Å². The van der Waals surface area contributed by atoms with Gasteiger partial charge in [0.25, 0.3) is 5.89 Å². The molecule has 0 spiro atoms. The molecule has 3 heterocycles. The number of halogens is 1. The fourth-order valence-corrected chi connectivity index (χ4v) is 4.01. The largest absolute Gasteiger partial charge is 0.373 e. The van der Waals surface area contributed by atoms with E-state index in [2.05, 4.69) is 70.4 Å². The third kappa shape index (κ3) is 4.90. The van der Waals surface area contributed by atoms with E-state index in [0.29, 0.717) is 5.89 Å². The van der Waals surface area contributed by atoms with Gasteiger partial charge in [-0.2, -0.15) is 4.98 Å². The molecule has 2 aliphatic rings. The molecule has 0 bridgehead atoms. The molecule has 3 unspecified atom stereocenters. The van der Waals surface area contributed by atoms with Gasteiger partial charge < -0.3 is 14.6 Å². The monoisotopic (exact) mass is 407 g/mol. The molecule has 1 N–H and O–H groups in total. The van der Waals surface area contributed by atoms with Crippen LogP contribution in [0.2, 0.25) is 0 Å². The molecular weight excluding hydrogens is 378 g/mol. The number of ether oxygens (including phenoxy) is 1. The van der Waals surface area contributed by atoms with Crippen molar-refractivity contribution in [1.82, 2.24) is 25.3 Å². The first-order chi connectivity index (χ1) is 13.1. The number of piperazine rings is 1. The van der Waals surface area contributed by atoms with Gasteiger partial charge in [0.1, 0.15) is 0 Å². The molecule has 4 rings (SSSR count). The van der Waals surface area contributed by atoms with Gasteiger partial charge in [-0.15, -0.1) is 12.4 Å². The quantitative estimate of drug-likeness (QED) is 0.834. The lowest BCUT2D eigenvalue weighted by Crippen LogP contribution is -2.44. The number of aromatic nitrogens is 2. The second-order valence-corrected chi connectivity index (χ2v) is 7.81. The first kappa shape index (κ1) is 21.2. The molecule has 28 heavy (non-hydrogen) atoms. The van der Waals surface area contributed by atoms with E-state index < -0.39 is 0 Å². The minimum absolute atomic E-state index is 0. The van der Waals surface area contributed by atoms with Crippen molar-refractivity contribution >= 4 is 12.4 Å². The lowest BCUT2D eigenvalue weighted by Gasteiger charge is -2.35. The van der Waals surface area contributed by atoms with Crippen LogP contribution >= 0.6 is 12.4 Å². The van der Waals surface area contributed by atoms with Gasteiger partial charge in [0.2, 0.25) is 0 Å². The number of likely N-dealkylation sites (N-methyl/N-ethyl adjacent to an activating group) is 1. The highest BCUT2D eigenvalue weighted by atomic mass is 35.5. The molecule has 2 saturated heterocycles. The van der Waals surface area contributed by atoms with E-state index in [4.69, 9.17) is 9.26 Å². The molecule has 0 amide bonds. The summed E-state index contributed by atoms with van der Waals surface area (Å²) in [6, 6.07) is 8.61. The average molecular weight is 408 g/mol. The van der Waals surface area contributed by atoms with Crippen molar-refractivity contribution in [1.29, 1.82) is 0 Å². The molecule has 0 radical (unpaired) electrons. The third-order valence-electron chi connectivity index (χ3n) is 5.35. The predicted octanol–water partition coefficient (Wildman–Crippen LogP) is 2.34. The maximum Gasteiger partial charge on any atom is 0.257 e. The highest BCUT2D eigenvalue weighted by Gasteiger charge is 2.26. The van der Waals surface area contributed by atoms with Crippen LogP contribution in [0.25, 0.3) is 11.5 Å². The van der Waals surface area contributed by atoms with Gasteiger partial charge in [-0.25, -0.2) is 0 Å². The summed E-state index contributed by atoms with van der Waals surface area (Å²) in [6.07, 6.45) is 0.578. The summed E-state index contributed by atoms with van der Waals surface area (Å²) in [6.45, 7) is 10.00. The first-order valence-corrected chi connectivity index (χ1v) is 9.80. The number of nitrogens with one attached hydrogen (secondary N) is 1. The Morgan fingerprint density at radius 3 is 2.54 bits per heavy atom. The van der Waals surface area contributed by atoms with E-state index in [1.165, 1.54) is 5.56 Å². The van der Waals surface area contributed by atoms with E-state index in [1.54, 1.807) is 0 Å². The fourth-order valence-electron chi connectivity index (χ4n) is 4.01. The highest BCUT2D eigenvalue weighted by Crippen LogP contribution is 2.23. The molecule has 0 aliphatic carbocycles. The number of nitrogens with zero attached hydrogens (tertiary/aromatic N) is 4. The van der Waals surface area contributed by atoms with Crippen LogP contribution < -0.4 is 5.32 Å². The highest BCUT2D eigenvalue weighted by molar-refractivity contribution is 5.85. The molecule has 1 aromatic heterocycles. The Morgan fingerprint density at radius 1 is 1.14 bits per heavy atom. The summed E-state index contributed by atoms with van der Waals surface area (Å²) in [4.78, 5) is 9.34. The molecular formula is C20H30ClN5O2. The molecule has 2 aromatic rings. The van der Waals surface area contributed by atoms with E-state index >= 15 is 0 Å². The second kappa shape index (κ2) is 9.33. The van der Waals surface area contributed by atoms with Gasteiger partial charge >= 0.3 is 0 Å². The van der Waals surface area contributed by atoms with Crippen molar-refractivity contribution in [3.63, 3.8) is 0 Å². The molecule has 7 nitrogen and oxygen atoms in total. The summed E-state index contributed by atoms with van der Waals surface area (Å²) in [7, 11) is 2.10. The molecule has 2 fully saturated rings.